The van der Waals surface area contributed by atoms with Crippen LogP contribution in [-0.4, -0.2) is 18.2 Å². The van der Waals surface area contributed by atoms with Gasteiger partial charge in [0.2, 0.25) is 0 Å². The van der Waals surface area contributed by atoms with Crippen molar-refractivity contribution in [2.24, 2.45) is 0 Å². The van der Waals surface area contributed by atoms with Crippen LogP contribution >= 0.6 is 23.2 Å². The Morgan fingerprint density at radius 2 is 1.81 bits per heavy atom. The molecule has 1 N–H and O–H groups in total. The van der Waals surface area contributed by atoms with Gasteiger partial charge in [-0.3, -0.25) is 9.40 Å². The van der Waals surface area contributed by atoms with E-state index in [2.05, 4.69) is 9.82 Å². The van der Waals surface area contributed by atoms with Crippen LogP contribution in [0, 0.1) is 13.8 Å². The van der Waals surface area contributed by atoms with Gasteiger partial charge in [0.25, 0.3) is 10.0 Å². The number of rotatable bonds is 5. The second kappa shape index (κ2) is 7.31. The molecule has 136 valence electrons. The molecule has 5 nitrogen and oxygen atoms in total. The Morgan fingerprint density at radius 1 is 1.08 bits per heavy atom. The molecule has 0 amide bonds. The number of nitrogens with one attached hydrogen (secondary N) is 1. The molecule has 3 aromatic rings. The maximum Gasteiger partial charge on any atom is 0.262 e. The van der Waals surface area contributed by atoms with E-state index in [1.54, 1.807) is 42.9 Å². The fourth-order valence-corrected chi connectivity index (χ4v) is 4.31. The zero-order valence-electron chi connectivity index (χ0n) is 14.2. The highest BCUT2D eigenvalue weighted by Crippen LogP contribution is 2.25. The molecule has 3 rings (SSSR count). The number of hydrogen-bond donors (Lipinski definition) is 1. The normalized spacial score (nSPS) is 11.5. The molecule has 0 fully saturated rings. The van der Waals surface area contributed by atoms with E-state index in [0.717, 1.165) is 5.56 Å². The van der Waals surface area contributed by atoms with Crippen molar-refractivity contribution in [1.29, 1.82) is 0 Å². The number of halogens is 2. The maximum atomic E-state index is 12.7. The first-order valence-electron chi connectivity index (χ1n) is 7.82. The number of hydrogen-bond acceptors (Lipinski definition) is 3. The van der Waals surface area contributed by atoms with Gasteiger partial charge in [0.1, 0.15) is 0 Å². The number of anilines is 1. The minimum absolute atomic E-state index is 0.193. The zero-order chi connectivity index (χ0) is 18.9. The van der Waals surface area contributed by atoms with E-state index in [1.807, 2.05) is 18.2 Å². The van der Waals surface area contributed by atoms with Gasteiger partial charge in [0, 0.05) is 16.2 Å². The van der Waals surface area contributed by atoms with Crippen LogP contribution in [0.15, 0.2) is 53.7 Å². The summed E-state index contributed by atoms with van der Waals surface area (Å²) in [6.45, 7) is 3.92. The standard InChI is InChI=1S/C18H17Cl2N3O2S/c1-12-8-18(13(2)7-17(12)20)26(24,25)22-15-9-21-23(11-15)10-14-5-3-4-6-16(14)19/h3-9,11,22H,10H2,1-2H3. The van der Waals surface area contributed by atoms with Crippen molar-refractivity contribution in [2.75, 3.05) is 4.72 Å². The lowest BCUT2D eigenvalue weighted by molar-refractivity contribution is 0.600. The smallest absolute Gasteiger partial charge is 0.262 e. The average Bonchev–Trinajstić information content (AvgIpc) is 2.99. The summed E-state index contributed by atoms with van der Waals surface area (Å²) in [5.74, 6) is 0. The van der Waals surface area contributed by atoms with Crippen molar-refractivity contribution in [3.05, 3.63) is 75.5 Å². The molecule has 0 radical (unpaired) electrons. The summed E-state index contributed by atoms with van der Waals surface area (Å²) in [5, 5.41) is 5.37. The van der Waals surface area contributed by atoms with E-state index in [4.69, 9.17) is 23.2 Å². The number of aromatic nitrogens is 2. The molecule has 0 aliphatic carbocycles. The quantitative estimate of drug-likeness (QED) is 0.666. The lowest BCUT2D eigenvalue weighted by Crippen LogP contribution is -2.14. The molecule has 0 bridgehead atoms. The Morgan fingerprint density at radius 3 is 2.54 bits per heavy atom. The van der Waals surface area contributed by atoms with Crippen molar-refractivity contribution < 1.29 is 8.42 Å². The first kappa shape index (κ1) is 18.8. The minimum Gasteiger partial charge on any atom is -0.276 e. The summed E-state index contributed by atoms with van der Waals surface area (Å²) in [5.41, 5.74) is 2.56. The SMILES string of the molecule is Cc1cc(S(=O)(=O)Nc2cnn(Cc3ccccc3Cl)c2)c(C)cc1Cl. The van der Waals surface area contributed by atoms with Gasteiger partial charge >= 0.3 is 0 Å². The molecule has 0 saturated carbocycles. The summed E-state index contributed by atoms with van der Waals surface area (Å²) >= 11 is 12.2. The van der Waals surface area contributed by atoms with E-state index >= 15 is 0 Å². The van der Waals surface area contributed by atoms with Gasteiger partial charge in [0.05, 0.1) is 23.3 Å². The van der Waals surface area contributed by atoms with Crippen LogP contribution in [-0.2, 0) is 16.6 Å². The first-order valence-corrected chi connectivity index (χ1v) is 10.1. The Bertz CT molecular complexity index is 1060. The van der Waals surface area contributed by atoms with E-state index in [9.17, 15) is 8.42 Å². The van der Waals surface area contributed by atoms with E-state index < -0.39 is 10.0 Å². The second-order valence-corrected chi connectivity index (χ2v) is 8.46. The van der Waals surface area contributed by atoms with Gasteiger partial charge in [-0.2, -0.15) is 5.10 Å². The number of benzene rings is 2. The topological polar surface area (TPSA) is 64.0 Å². The molecule has 0 saturated heterocycles. The zero-order valence-corrected chi connectivity index (χ0v) is 16.5. The fourth-order valence-electron chi connectivity index (χ4n) is 2.56. The van der Waals surface area contributed by atoms with Crippen molar-refractivity contribution in [3.8, 4) is 0 Å². The maximum absolute atomic E-state index is 12.7. The molecule has 0 aliphatic rings. The molecule has 0 spiro atoms. The van der Waals surface area contributed by atoms with Gasteiger partial charge in [-0.1, -0.05) is 41.4 Å². The van der Waals surface area contributed by atoms with Crippen molar-refractivity contribution in [2.45, 2.75) is 25.3 Å². The van der Waals surface area contributed by atoms with Crippen molar-refractivity contribution in [1.82, 2.24) is 9.78 Å². The van der Waals surface area contributed by atoms with Crippen LogP contribution in [0.1, 0.15) is 16.7 Å². The summed E-state index contributed by atoms with van der Waals surface area (Å²) in [4.78, 5) is 0.193. The Hall–Kier alpha value is -2.02. The molecule has 26 heavy (non-hydrogen) atoms. The van der Waals surface area contributed by atoms with Gasteiger partial charge < -0.3 is 0 Å². The Labute approximate surface area is 162 Å². The summed E-state index contributed by atoms with van der Waals surface area (Å²) in [7, 11) is -3.74. The van der Waals surface area contributed by atoms with Crippen LogP contribution in [0.25, 0.3) is 0 Å². The van der Waals surface area contributed by atoms with Crippen LogP contribution in [0.5, 0.6) is 0 Å². The summed E-state index contributed by atoms with van der Waals surface area (Å²) in [6, 6.07) is 10.6. The lowest BCUT2D eigenvalue weighted by Gasteiger charge is -2.11. The van der Waals surface area contributed by atoms with E-state index in [0.29, 0.717) is 33.4 Å². The fraction of sp³-hybridized carbons (Fsp3) is 0.167. The molecule has 1 heterocycles. The highest BCUT2D eigenvalue weighted by molar-refractivity contribution is 7.92. The van der Waals surface area contributed by atoms with Gasteiger partial charge in [-0.15, -0.1) is 0 Å². The van der Waals surface area contributed by atoms with Gasteiger partial charge in [0.15, 0.2) is 0 Å². The molecular weight excluding hydrogens is 393 g/mol. The lowest BCUT2D eigenvalue weighted by atomic mass is 10.2. The monoisotopic (exact) mass is 409 g/mol. The molecule has 0 atom stereocenters. The van der Waals surface area contributed by atoms with Crippen LogP contribution in [0.3, 0.4) is 0 Å². The predicted molar refractivity (Wildman–Crippen MR) is 105 cm³/mol. The number of aryl methyl sites for hydroxylation is 2. The number of sulfonamides is 1. The number of nitrogens with zero attached hydrogens (tertiary/aromatic N) is 2. The second-order valence-electron chi connectivity index (χ2n) is 5.99. The predicted octanol–water partition coefficient (Wildman–Crippen LogP) is 4.66. The third-order valence-electron chi connectivity index (χ3n) is 3.92. The van der Waals surface area contributed by atoms with Crippen LogP contribution < -0.4 is 4.72 Å². The molecule has 1 aromatic heterocycles. The third-order valence-corrected chi connectivity index (χ3v) is 6.22. The summed E-state index contributed by atoms with van der Waals surface area (Å²) < 4.78 is 29.6. The molecule has 2 aromatic carbocycles. The summed E-state index contributed by atoms with van der Waals surface area (Å²) in [6.07, 6.45) is 3.09. The minimum atomic E-state index is -3.74. The third kappa shape index (κ3) is 4.03. The van der Waals surface area contributed by atoms with Crippen molar-refractivity contribution >= 4 is 38.9 Å². The van der Waals surface area contributed by atoms with Gasteiger partial charge in [-0.05, 0) is 48.7 Å². The molecular formula is C18H17Cl2N3O2S. The largest absolute Gasteiger partial charge is 0.276 e. The Balaban J connectivity index is 1.82. The molecule has 0 unspecified atom stereocenters. The first-order chi connectivity index (χ1) is 12.3. The average molecular weight is 410 g/mol. The van der Waals surface area contributed by atoms with Crippen molar-refractivity contribution in [3.63, 3.8) is 0 Å². The highest BCUT2D eigenvalue weighted by Gasteiger charge is 2.19. The molecule has 8 heteroatoms. The van der Waals surface area contributed by atoms with Gasteiger partial charge in [-0.25, -0.2) is 8.42 Å². The van der Waals surface area contributed by atoms with E-state index in [-0.39, 0.29) is 4.90 Å². The Kier molecular flexibility index (Phi) is 5.27. The van der Waals surface area contributed by atoms with Crippen LogP contribution in [0.2, 0.25) is 10.0 Å². The van der Waals surface area contributed by atoms with Crippen LogP contribution in [0.4, 0.5) is 5.69 Å². The highest BCUT2D eigenvalue weighted by atomic mass is 35.5. The molecule has 0 aliphatic heterocycles. The van der Waals surface area contributed by atoms with E-state index in [1.165, 1.54) is 6.20 Å².